The van der Waals surface area contributed by atoms with Gasteiger partial charge in [-0.2, -0.15) is 26.1 Å². The molecule has 0 atom stereocenters. The number of benzene rings is 7. The van der Waals surface area contributed by atoms with E-state index in [1.165, 1.54) is 24.2 Å². The molecular formula is C104H111F2N25O9. The van der Waals surface area contributed by atoms with Gasteiger partial charge in [0.2, 0.25) is 0 Å². The smallest absolute Gasteiger partial charge is 0.251 e. The lowest BCUT2D eigenvalue weighted by Gasteiger charge is -2.43. The normalized spacial score (nSPS) is 17.3. The summed E-state index contributed by atoms with van der Waals surface area (Å²) < 4.78 is 77.1. The largest absolute Gasteiger partial charge is 0.495 e. The Bertz CT molecular complexity index is 6390. The number of piperazine rings is 3. The van der Waals surface area contributed by atoms with Gasteiger partial charge in [0.1, 0.15) is 82.8 Å². The van der Waals surface area contributed by atoms with Crippen LogP contribution in [0.5, 0.6) is 23.0 Å². The molecule has 5 aromatic heterocycles. The van der Waals surface area contributed by atoms with Crippen molar-refractivity contribution >= 4 is 68.8 Å². The number of nitriles is 4. The quantitative estimate of drug-likeness (QED) is 0.0354. The maximum atomic E-state index is 12.7. The van der Waals surface area contributed by atoms with Crippen LogP contribution in [0.3, 0.4) is 0 Å². The summed E-state index contributed by atoms with van der Waals surface area (Å²) in [6.07, 6.45) is 12.1. The van der Waals surface area contributed by atoms with E-state index in [2.05, 4.69) is 175 Å². The van der Waals surface area contributed by atoms with Gasteiger partial charge >= 0.3 is 0 Å². The van der Waals surface area contributed by atoms with Crippen LogP contribution in [0.25, 0.3) is 45.6 Å². The molecule has 0 spiro atoms. The summed E-state index contributed by atoms with van der Waals surface area (Å²) in [7, 11) is 3.47. The van der Waals surface area contributed by atoms with Crippen LogP contribution in [0.2, 0.25) is 0 Å². The molecule has 140 heavy (non-hydrogen) atoms. The number of methoxy groups -OCH3 is 1. The first kappa shape index (κ1) is 95.5. The summed E-state index contributed by atoms with van der Waals surface area (Å²) in [6.45, 7) is 22.6. The van der Waals surface area contributed by atoms with Crippen LogP contribution in [-0.2, 0) is 30.7 Å². The van der Waals surface area contributed by atoms with Crippen LogP contribution in [-0.4, -0.2) is 273 Å². The minimum atomic E-state index is -2.32. The van der Waals surface area contributed by atoms with E-state index in [1.54, 1.807) is 90.1 Å². The molecule has 0 bridgehead atoms. The van der Waals surface area contributed by atoms with Crippen LogP contribution in [0.15, 0.2) is 201 Å². The lowest BCUT2D eigenvalue weighted by molar-refractivity contribution is -0.120. The van der Waals surface area contributed by atoms with Gasteiger partial charge in [-0.1, -0.05) is 6.92 Å². The highest BCUT2D eigenvalue weighted by molar-refractivity contribution is 5.74. The number of hydrogen-bond donors (Lipinski definition) is 4. The Morgan fingerprint density at radius 1 is 0.421 bits per heavy atom. The molecule has 0 radical (unpaired) electrons. The van der Waals surface area contributed by atoms with Crippen molar-refractivity contribution in [3.63, 3.8) is 0 Å². The van der Waals surface area contributed by atoms with Gasteiger partial charge < -0.3 is 83.5 Å². The van der Waals surface area contributed by atoms with Crippen LogP contribution in [0.1, 0.15) is 54.9 Å². The molecule has 0 aliphatic carbocycles. The highest BCUT2D eigenvalue weighted by Crippen LogP contribution is 2.38. The highest BCUT2D eigenvalue weighted by Gasteiger charge is 2.36. The van der Waals surface area contributed by atoms with Crippen LogP contribution < -0.4 is 59.8 Å². The number of rotatable bonds is 28. The van der Waals surface area contributed by atoms with Gasteiger partial charge in [0.15, 0.2) is 23.3 Å². The standard InChI is InChI=1S/C29H32F2N6O3.C29H32N6O3.C27H28N6O3.C19H19N7/c1-38-26-17-22(3-4-24(26)37-12-10-36(11-13-37)19-27(30)31)34-28-6-9-33-29(35-28)20-2-5-25(21(16-20)18-32)40-23-7-14-39-15-8-23;1-29(18-37-19-29)20-38-26-7-2-21(14-22(26)15-30)28-31-9-8-27(33-28)32-23-3-5-24(6-4-23)34-10-12-35(13-11-34)25-16-36-17-25;28-14-20-13-19(1-6-25(20)36-24-17-35-18-24)27-29-8-7-26(31-27)30-21-2-4-22(5-3-21)32-9-11-33(12-10-32)23-15-34-16-23;1-25-13-16(12-22-25)23-18-6-7-21-19(24-18)14-4-5-17(15(10-14)11-20)26-8-2-3-9-26/h2-6,9,16-17,23,27H,7-8,10-15,19H2,1H3,(H,33,34,35);2-9,14,25H,10-13,16-20H2,1H3,(H,31,32,33);1-8,13,23-24H,9-12,15-18H2,(H,29,30,31);4-7,10,12-13H,2-3,8-9H2,1H3,(H,21,23,24). The van der Waals surface area contributed by atoms with Crippen molar-refractivity contribution in [3.8, 4) is 92.8 Å². The number of hydrogen-bond acceptors (Lipinski definition) is 33. The van der Waals surface area contributed by atoms with Crippen molar-refractivity contribution in [3.05, 3.63) is 223 Å². The molecule has 0 saturated carbocycles. The van der Waals surface area contributed by atoms with Gasteiger partial charge in [-0.3, -0.25) is 19.4 Å². The average molecular weight is 1890 g/mol. The van der Waals surface area contributed by atoms with Gasteiger partial charge in [-0.05, 0) is 171 Å². The van der Waals surface area contributed by atoms with E-state index < -0.39 is 6.43 Å². The van der Waals surface area contributed by atoms with E-state index in [4.69, 9.17) is 42.6 Å². The van der Waals surface area contributed by atoms with E-state index >= 15 is 0 Å². The Labute approximate surface area is 812 Å². The lowest BCUT2D eigenvalue weighted by Crippen LogP contribution is -2.56. The zero-order chi connectivity index (χ0) is 96.1. The monoisotopic (exact) mass is 1890 g/mol. The van der Waals surface area contributed by atoms with E-state index in [0.29, 0.717) is 182 Å². The third-order valence-corrected chi connectivity index (χ3v) is 25.8. The van der Waals surface area contributed by atoms with Crippen molar-refractivity contribution in [1.82, 2.24) is 64.4 Å². The summed E-state index contributed by atoms with van der Waals surface area (Å²) in [5, 5.41) is 56.0. The topological polar surface area (TPSA) is 370 Å². The van der Waals surface area contributed by atoms with Crippen LogP contribution >= 0.6 is 0 Å². The number of ether oxygens (including phenoxy) is 9. The zero-order valence-corrected chi connectivity index (χ0v) is 78.5. The fraction of sp³-hybridized carbons (Fsp3) is 0.375. The molecule has 0 unspecified atom stereocenters. The van der Waals surface area contributed by atoms with Crippen LogP contribution in [0, 0.1) is 50.7 Å². The van der Waals surface area contributed by atoms with E-state index in [0.717, 1.165) is 156 Å². The van der Waals surface area contributed by atoms with Crippen molar-refractivity contribution in [2.24, 2.45) is 12.5 Å². The van der Waals surface area contributed by atoms with Gasteiger partial charge in [-0.25, -0.2) is 48.7 Å². The highest BCUT2D eigenvalue weighted by atomic mass is 19.3. The van der Waals surface area contributed by atoms with Crippen LogP contribution in [0.4, 0.5) is 77.6 Å². The zero-order valence-electron chi connectivity index (χ0n) is 78.5. The number of anilines is 12. The third kappa shape index (κ3) is 24.5. The van der Waals surface area contributed by atoms with Crippen molar-refractivity contribution in [1.29, 1.82) is 21.0 Å². The van der Waals surface area contributed by atoms with Gasteiger partial charge in [0.05, 0.1) is 144 Å². The van der Waals surface area contributed by atoms with E-state index in [-0.39, 0.29) is 24.2 Å². The number of aryl methyl sites for hydroxylation is 1. The predicted molar refractivity (Wildman–Crippen MR) is 528 cm³/mol. The summed E-state index contributed by atoms with van der Waals surface area (Å²) in [4.78, 5) is 52.3. The number of aromatic nitrogens is 10. The average Bonchev–Trinajstić information content (AvgIpc) is 1.19. The first-order valence-corrected chi connectivity index (χ1v) is 47.4. The molecule has 14 heterocycles. The van der Waals surface area contributed by atoms with Gasteiger partial charge in [0, 0.05) is 205 Å². The predicted octanol–water partition coefficient (Wildman–Crippen LogP) is 14.6. The molecule has 12 aromatic rings. The number of nitrogens with one attached hydrogen (secondary N) is 4. The summed E-state index contributed by atoms with van der Waals surface area (Å²) >= 11 is 0. The minimum absolute atomic E-state index is 0.00477. The third-order valence-electron chi connectivity index (χ3n) is 25.8. The SMILES string of the molecule is CC1(COc2ccc(-c3nccc(Nc4ccc(N5CCN(C6COC6)CC5)cc4)n3)cc2C#N)COC1.COc1cc(Nc2ccnc(-c3ccc(OC4CCOCC4)c(C#N)c3)n2)ccc1N1CCN(CC(F)F)CC1.Cn1cc(Nc2ccnc(-c3ccc(N4CCCC4)c(C#N)c3)n2)cn1.N#Cc1cc(-c2nccc(Nc3ccc(N4CCN(C5COC5)CC4)cc3)n2)ccc1OC1COC1. The Morgan fingerprint density at radius 3 is 1.26 bits per heavy atom. The molecule has 36 heteroatoms. The van der Waals surface area contributed by atoms with Gasteiger partial charge in [0.25, 0.3) is 6.43 Å². The lowest BCUT2D eigenvalue weighted by atomic mass is 9.90. The molecule has 7 aromatic carbocycles. The Balaban J connectivity index is 0.000000125. The second-order valence-corrected chi connectivity index (χ2v) is 35.9. The Kier molecular flexibility index (Phi) is 31.1. The summed E-state index contributed by atoms with van der Waals surface area (Å²) in [5.41, 5.74) is 13.0. The second kappa shape index (κ2) is 45.6. The number of nitrogens with zero attached hydrogens (tertiary/aromatic N) is 21. The van der Waals surface area contributed by atoms with Crippen molar-refractivity contribution in [2.75, 3.05) is 219 Å². The molecule has 21 rings (SSSR count). The molecule has 9 saturated heterocycles. The van der Waals surface area contributed by atoms with Gasteiger partial charge in [-0.15, -0.1) is 0 Å². The molecule has 9 aliphatic rings. The Morgan fingerprint density at radius 2 is 0.836 bits per heavy atom. The van der Waals surface area contributed by atoms with E-state index in [1.807, 2.05) is 86.0 Å². The van der Waals surface area contributed by atoms with E-state index in [9.17, 15) is 29.8 Å². The summed E-state index contributed by atoms with van der Waals surface area (Å²) in [5.74, 6) is 7.16. The first-order chi connectivity index (χ1) is 68.6. The Hall–Kier alpha value is -14.8. The molecule has 9 fully saturated rings. The maximum Gasteiger partial charge on any atom is 0.251 e. The maximum absolute atomic E-state index is 12.7. The molecule has 720 valence electrons. The number of alkyl halides is 2. The second-order valence-electron chi connectivity index (χ2n) is 35.9. The molecule has 4 N–H and O–H groups in total. The van der Waals surface area contributed by atoms with Crippen molar-refractivity contribution < 1.29 is 51.4 Å². The molecular weight excluding hydrogens is 1780 g/mol. The van der Waals surface area contributed by atoms with Crippen molar-refractivity contribution in [2.45, 2.75) is 63.3 Å². The molecule has 34 nitrogen and oxygen atoms in total. The fourth-order valence-corrected chi connectivity index (χ4v) is 17.6. The fourth-order valence-electron chi connectivity index (χ4n) is 17.6. The summed E-state index contributed by atoms with van der Waals surface area (Å²) in [6, 6.07) is 62.3. The molecule has 9 aliphatic heterocycles. The number of halogens is 2. The first-order valence-electron chi connectivity index (χ1n) is 47.4. The molecule has 0 amide bonds. The minimum Gasteiger partial charge on any atom is -0.495 e.